The number of nitrogens with one attached hydrogen (secondary N) is 1. The Kier molecular flexibility index (Phi) is 4.76. The summed E-state index contributed by atoms with van der Waals surface area (Å²) in [4.78, 5) is 13.3. The van der Waals surface area contributed by atoms with Gasteiger partial charge in [-0.15, -0.1) is 0 Å². The van der Waals surface area contributed by atoms with E-state index in [9.17, 15) is 18.0 Å². The number of amides is 1. The molecular formula is C18H19F3N4O. The molecular weight excluding hydrogens is 345 g/mol. The van der Waals surface area contributed by atoms with E-state index in [2.05, 4.69) is 17.0 Å². The minimum atomic E-state index is -4.36. The van der Waals surface area contributed by atoms with Gasteiger partial charge in [0, 0.05) is 37.3 Å². The number of aryl methyl sites for hydroxylation is 1. The first-order valence-electron chi connectivity index (χ1n) is 8.17. The quantitative estimate of drug-likeness (QED) is 0.847. The third-order valence-electron chi connectivity index (χ3n) is 4.29. The highest BCUT2D eigenvalue weighted by atomic mass is 19.4. The summed E-state index contributed by atoms with van der Waals surface area (Å²) >= 11 is 0. The number of alkyl halides is 3. The van der Waals surface area contributed by atoms with Crippen molar-refractivity contribution < 1.29 is 18.0 Å². The lowest BCUT2D eigenvalue weighted by Crippen LogP contribution is -2.41. The van der Waals surface area contributed by atoms with Gasteiger partial charge in [0.2, 0.25) is 5.91 Å². The van der Waals surface area contributed by atoms with Crippen molar-refractivity contribution in [3.05, 3.63) is 54.2 Å². The summed E-state index contributed by atoms with van der Waals surface area (Å²) in [5.41, 5.74) is 0.796. The van der Waals surface area contributed by atoms with Gasteiger partial charge in [-0.05, 0) is 37.3 Å². The van der Waals surface area contributed by atoms with Gasteiger partial charge >= 0.3 is 6.18 Å². The first-order valence-corrected chi connectivity index (χ1v) is 8.17. The molecule has 3 rings (SSSR count). The van der Waals surface area contributed by atoms with Crippen LogP contribution in [0, 0.1) is 12.8 Å². The van der Waals surface area contributed by atoms with Gasteiger partial charge in [0.05, 0.1) is 11.3 Å². The van der Waals surface area contributed by atoms with Crippen molar-refractivity contribution in [2.24, 2.45) is 5.92 Å². The third-order valence-corrected chi connectivity index (χ3v) is 4.29. The molecule has 0 fully saturated rings. The van der Waals surface area contributed by atoms with E-state index in [0.29, 0.717) is 25.3 Å². The van der Waals surface area contributed by atoms with Crippen LogP contribution in [0.25, 0.3) is 0 Å². The number of rotatable bonds is 4. The number of hydrogen-bond acceptors (Lipinski definition) is 3. The minimum Gasteiger partial charge on any atom is -0.352 e. The number of carbonyl (C=O) groups is 1. The zero-order chi connectivity index (χ0) is 18.9. The van der Waals surface area contributed by atoms with Gasteiger partial charge in [0.25, 0.3) is 0 Å². The van der Waals surface area contributed by atoms with Crippen molar-refractivity contribution in [2.75, 3.05) is 18.0 Å². The number of halogens is 3. The molecule has 138 valence electrons. The predicted octanol–water partition coefficient (Wildman–Crippen LogP) is 3.28. The Bertz CT molecular complexity index is 811. The fourth-order valence-corrected chi connectivity index (χ4v) is 3.05. The number of aromatic nitrogens is 2. The lowest BCUT2D eigenvalue weighted by molar-refractivity contribution is -0.137. The lowest BCUT2D eigenvalue weighted by atomic mass is 10.1. The van der Waals surface area contributed by atoms with Crippen LogP contribution in [0.15, 0.2) is 43.0 Å². The van der Waals surface area contributed by atoms with Gasteiger partial charge < -0.3 is 10.2 Å². The van der Waals surface area contributed by atoms with Crippen LogP contribution in [0.4, 0.5) is 24.7 Å². The fraction of sp³-hybridized carbons (Fsp3) is 0.333. The summed E-state index contributed by atoms with van der Waals surface area (Å²) in [6, 6.07) is 6.97. The van der Waals surface area contributed by atoms with Crippen molar-refractivity contribution in [1.82, 2.24) is 15.1 Å². The number of anilines is 2. The van der Waals surface area contributed by atoms with E-state index in [1.807, 2.05) is 22.6 Å². The van der Waals surface area contributed by atoms with Crippen LogP contribution in [0.3, 0.4) is 0 Å². The Hall–Kier alpha value is -2.77. The number of benzene rings is 1. The smallest absolute Gasteiger partial charge is 0.352 e. The number of nitrogens with zero attached hydrogens (tertiary/aromatic N) is 3. The summed E-state index contributed by atoms with van der Waals surface area (Å²) < 4.78 is 40.2. The molecule has 26 heavy (non-hydrogen) atoms. The average molecular weight is 364 g/mol. The Morgan fingerprint density at radius 3 is 2.65 bits per heavy atom. The molecule has 0 unspecified atom stereocenters. The number of fused-ring (bicyclic) bond motifs is 1. The highest BCUT2D eigenvalue weighted by molar-refractivity contribution is 5.86. The molecule has 1 amide bonds. The van der Waals surface area contributed by atoms with E-state index >= 15 is 0 Å². The summed E-state index contributed by atoms with van der Waals surface area (Å²) in [5.74, 6) is 0.634. The molecule has 1 aliphatic heterocycles. The predicted molar refractivity (Wildman–Crippen MR) is 92.1 cm³/mol. The van der Waals surface area contributed by atoms with E-state index in [1.54, 1.807) is 0 Å². The van der Waals surface area contributed by atoms with Gasteiger partial charge in [-0.2, -0.15) is 18.3 Å². The minimum absolute atomic E-state index is 0.0630. The molecule has 1 aromatic carbocycles. The fourth-order valence-electron chi connectivity index (χ4n) is 3.05. The highest BCUT2D eigenvalue weighted by Gasteiger charge is 2.31. The summed E-state index contributed by atoms with van der Waals surface area (Å²) in [5, 5.41) is 7.21. The molecule has 0 spiro atoms. The van der Waals surface area contributed by atoms with Crippen LogP contribution in [0.2, 0.25) is 0 Å². The topological polar surface area (TPSA) is 50.2 Å². The van der Waals surface area contributed by atoms with Crippen molar-refractivity contribution in [3.8, 4) is 0 Å². The molecule has 5 nitrogen and oxygen atoms in total. The van der Waals surface area contributed by atoms with Gasteiger partial charge in [-0.3, -0.25) is 4.79 Å². The largest absolute Gasteiger partial charge is 0.416 e. The van der Waals surface area contributed by atoms with Crippen LogP contribution in [0.1, 0.15) is 11.3 Å². The number of carbonyl (C=O) groups excluding carboxylic acids is 1. The molecule has 1 aromatic heterocycles. The summed E-state index contributed by atoms with van der Waals surface area (Å²) in [6.07, 6.45) is -3.16. The maximum atomic E-state index is 12.8. The van der Waals surface area contributed by atoms with Crippen LogP contribution >= 0.6 is 0 Å². The van der Waals surface area contributed by atoms with Gasteiger partial charge in [0.15, 0.2) is 0 Å². The van der Waals surface area contributed by atoms with Gasteiger partial charge in [-0.25, -0.2) is 4.68 Å². The zero-order valence-electron chi connectivity index (χ0n) is 14.3. The monoisotopic (exact) mass is 364 g/mol. The Balaban J connectivity index is 1.86. The van der Waals surface area contributed by atoms with E-state index in [-0.39, 0.29) is 11.8 Å². The molecule has 0 saturated heterocycles. The molecule has 8 heteroatoms. The first-order chi connectivity index (χ1) is 12.3. The second-order valence-corrected chi connectivity index (χ2v) is 6.30. The van der Waals surface area contributed by atoms with E-state index < -0.39 is 11.7 Å². The van der Waals surface area contributed by atoms with Gasteiger partial charge in [-0.1, -0.05) is 6.58 Å². The highest BCUT2D eigenvalue weighted by Crippen LogP contribution is 2.34. The Morgan fingerprint density at radius 1 is 1.35 bits per heavy atom. The van der Waals surface area contributed by atoms with Crippen LogP contribution in [-0.4, -0.2) is 28.8 Å². The molecule has 0 radical (unpaired) electrons. The van der Waals surface area contributed by atoms with Crippen LogP contribution in [0.5, 0.6) is 0 Å². The van der Waals surface area contributed by atoms with Crippen molar-refractivity contribution in [2.45, 2.75) is 19.6 Å². The molecule has 0 aliphatic carbocycles. The lowest BCUT2D eigenvalue weighted by Gasteiger charge is -2.35. The molecule has 0 saturated carbocycles. The maximum Gasteiger partial charge on any atom is 0.416 e. The van der Waals surface area contributed by atoms with E-state index in [4.69, 9.17) is 0 Å². The van der Waals surface area contributed by atoms with Crippen LogP contribution in [-0.2, 0) is 17.5 Å². The second-order valence-electron chi connectivity index (χ2n) is 6.30. The third kappa shape index (κ3) is 3.74. The Morgan fingerprint density at radius 2 is 2.04 bits per heavy atom. The zero-order valence-corrected chi connectivity index (χ0v) is 14.3. The molecule has 2 heterocycles. The summed E-state index contributed by atoms with van der Waals surface area (Å²) in [7, 11) is 0. The standard InChI is InChI=1S/C18H19F3N4O/c1-3-16(26)22-9-13-10-24(17-8-12(2)23-25(17)11-13)15-6-4-14(5-7-15)18(19,20)21/h3-8,13H,1,9-11H2,2H3,(H,22,26)/t13-/m0/s1. The van der Waals surface area contributed by atoms with E-state index in [1.165, 1.54) is 18.2 Å². The molecule has 1 atom stereocenters. The molecule has 1 N–H and O–H groups in total. The normalized spacial score (nSPS) is 16.9. The van der Waals surface area contributed by atoms with Crippen molar-refractivity contribution >= 4 is 17.4 Å². The summed E-state index contributed by atoms with van der Waals surface area (Å²) in [6.45, 7) is 6.91. The van der Waals surface area contributed by atoms with E-state index in [0.717, 1.165) is 23.6 Å². The van der Waals surface area contributed by atoms with Crippen molar-refractivity contribution in [3.63, 3.8) is 0 Å². The van der Waals surface area contributed by atoms with Gasteiger partial charge in [0.1, 0.15) is 5.82 Å². The van der Waals surface area contributed by atoms with Crippen molar-refractivity contribution in [1.29, 1.82) is 0 Å². The van der Waals surface area contributed by atoms with Crippen LogP contribution < -0.4 is 10.2 Å². The molecule has 2 aromatic rings. The maximum absolute atomic E-state index is 12.8. The second kappa shape index (κ2) is 6.86. The number of hydrogen-bond donors (Lipinski definition) is 1. The first kappa shape index (κ1) is 18.0. The molecule has 0 bridgehead atoms. The SMILES string of the molecule is C=CC(=O)NC[C@H]1CN(c2ccc(C(F)(F)F)cc2)c2cc(C)nn2C1. The average Bonchev–Trinajstić information content (AvgIpc) is 2.98. The Labute approximate surface area is 149 Å². The molecule has 1 aliphatic rings.